The molecule has 3 rings (SSSR count). The minimum absolute atomic E-state index is 0.00125. The zero-order valence-corrected chi connectivity index (χ0v) is 20.6. The number of nitrogens with one attached hydrogen (secondary N) is 3. The maximum Gasteiger partial charge on any atom is 0.258 e. The number of para-hydroxylation sites is 1. The molecule has 0 aromatic heterocycles. The van der Waals surface area contributed by atoms with Crippen LogP contribution in [0.1, 0.15) is 34.1 Å². The molecule has 36 heavy (non-hydrogen) atoms. The zero-order valence-electron chi connectivity index (χ0n) is 20.6. The maximum atomic E-state index is 13.1. The van der Waals surface area contributed by atoms with Gasteiger partial charge in [0, 0.05) is 55.0 Å². The number of anilines is 3. The van der Waals surface area contributed by atoms with Crippen LogP contribution >= 0.6 is 0 Å². The second-order valence-electron chi connectivity index (χ2n) is 8.05. The van der Waals surface area contributed by atoms with Gasteiger partial charge in [0.2, 0.25) is 5.91 Å². The fraction of sp³-hybridized carbons (Fsp3) is 0.250. The molecule has 0 unspecified atom stereocenters. The van der Waals surface area contributed by atoms with E-state index in [2.05, 4.69) is 16.0 Å². The minimum Gasteiger partial charge on any atom is -0.385 e. The van der Waals surface area contributed by atoms with E-state index >= 15 is 0 Å². The molecule has 0 saturated heterocycles. The number of ether oxygens (including phenoxy) is 1. The zero-order chi connectivity index (χ0) is 25.8. The number of amides is 3. The van der Waals surface area contributed by atoms with Gasteiger partial charge in [0.25, 0.3) is 11.8 Å². The highest BCUT2D eigenvalue weighted by molar-refractivity contribution is 6.06. The summed E-state index contributed by atoms with van der Waals surface area (Å²) in [6.45, 7) is 3.55. The van der Waals surface area contributed by atoms with Gasteiger partial charge >= 0.3 is 0 Å². The van der Waals surface area contributed by atoms with Crippen molar-refractivity contribution in [1.82, 2.24) is 5.32 Å². The van der Waals surface area contributed by atoms with Gasteiger partial charge in [0.05, 0.1) is 6.54 Å². The van der Waals surface area contributed by atoms with E-state index in [0.29, 0.717) is 42.2 Å². The first-order valence-electron chi connectivity index (χ1n) is 11.9. The Bertz CT molecular complexity index is 1170. The number of carbonyl (C=O) groups excluding carboxylic acids is 3. The van der Waals surface area contributed by atoms with Crippen molar-refractivity contribution >= 4 is 34.8 Å². The Morgan fingerprint density at radius 3 is 2.28 bits per heavy atom. The third-order valence-electron chi connectivity index (χ3n) is 5.41. The number of hydrogen-bond donors (Lipinski definition) is 3. The molecule has 8 heteroatoms. The summed E-state index contributed by atoms with van der Waals surface area (Å²) in [7, 11) is 1.62. The molecule has 3 aromatic carbocycles. The van der Waals surface area contributed by atoms with Crippen LogP contribution < -0.4 is 20.9 Å². The Kier molecular flexibility index (Phi) is 10.0. The van der Waals surface area contributed by atoms with Crippen molar-refractivity contribution in [3.63, 3.8) is 0 Å². The third kappa shape index (κ3) is 7.68. The van der Waals surface area contributed by atoms with E-state index in [1.54, 1.807) is 60.5 Å². The predicted molar refractivity (Wildman–Crippen MR) is 143 cm³/mol. The van der Waals surface area contributed by atoms with Gasteiger partial charge in [-0.15, -0.1) is 0 Å². The van der Waals surface area contributed by atoms with Crippen LogP contribution in [0.4, 0.5) is 17.1 Å². The van der Waals surface area contributed by atoms with Gasteiger partial charge in [-0.1, -0.05) is 30.3 Å². The fourth-order valence-electron chi connectivity index (χ4n) is 3.62. The molecule has 0 fully saturated rings. The van der Waals surface area contributed by atoms with Crippen molar-refractivity contribution < 1.29 is 19.1 Å². The Morgan fingerprint density at radius 2 is 1.56 bits per heavy atom. The molecule has 3 amide bonds. The van der Waals surface area contributed by atoms with Crippen LogP contribution in [-0.4, -0.2) is 51.1 Å². The standard InChI is InChI=1S/C28H32N4O4/c1-3-32(25-14-5-4-6-15-25)28(35)22-11-8-12-23(19-22)30-20-26(33)31-24-13-7-10-21(18-24)27(34)29-16-9-17-36-2/h4-8,10-15,18-19,30H,3,9,16-17,20H2,1-2H3,(H,29,34)(H,31,33). The predicted octanol–water partition coefficient (Wildman–Crippen LogP) is 4.17. The summed E-state index contributed by atoms with van der Waals surface area (Å²) in [4.78, 5) is 39.6. The van der Waals surface area contributed by atoms with Crippen LogP contribution in [0, 0.1) is 0 Å². The number of nitrogens with zero attached hydrogens (tertiary/aromatic N) is 1. The molecule has 188 valence electrons. The lowest BCUT2D eigenvalue weighted by atomic mass is 10.1. The topological polar surface area (TPSA) is 99.8 Å². The number of carbonyl (C=O) groups is 3. The second kappa shape index (κ2) is 13.7. The van der Waals surface area contributed by atoms with Crippen LogP contribution in [0.25, 0.3) is 0 Å². The lowest BCUT2D eigenvalue weighted by Gasteiger charge is -2.21. The van der Waals surface area contributed by atoms with Gasteiger partial charge in [0.1, 0.15) is 0 Å². The summed E-state index contributed by atoms with van der Waals surface area (Å²) < 4.78 is 4.98. The third-order valence-corrected chi connectivity index (χ3v) is 5.41. The molecule has 0 heterocycles. The van der Waals surface area contributed by atoms with E-state index in [1.165, 1.54) is 0 Å². The normalized spacial score (nSPS) is 10.4. The van der Waals surface area contributed by atoms with Crippen molar-refractivity contribution in [2.24, 2.45) is 0 Å². The van der Waals surface area contributed by atoms with Crippen LogP contribution in [0.2, 0.25) is 0 Å². The van der Waals surface area contributed by atoms with Crippen LogP contribution in [0.5, 0.6) is 0 Å². The summed E-state index contributed by atoms with van der Waals surface area (Å²) in [5.74, 6) is -0.601. The summed E-state index contributed by atoms with van der Waals surface area (Å²) in [6, 6.07) is 23.3. The molecule has 0 aliphatic carbocycles. The average molecular weight is 489 g/mol. The summed E-state index contributed by atoms with van der Waals surface area (Å²) in [5.41, 5.74) is 2.99. The molecular weight excluding hydrogens is 456 g/mol. The molecule has 0 saturated carbocycles. The van der Waals surface area contributed by atoms with Gasteiger partial charge in [-0.05, 0) is 61.9 Å². The van der Waals surface area contributed by atoms with Crippen LogP contribution in [-0.2, 0) is 9.53 Å². The Hall–Kier alpha value is -4.17. The van der Waals surface area contributed by atoms with E-state index < -0.39 is 0 Å². The van der Waals surface area contributed by atoms with Gasteiger partial charge in [-0.3, -0.25) is 14.4 Å². The van der Waals surface area contributed by atoms with E-state index in [0.717, 1.165) is 12.1 Å². The molecule has 0 atom stereocenters. The van der Waals surface area contributed by atoms with Crippen molar-refractivity contribution in [3.8, 4) is 0 Å². The lowest BCUT2D eigenvalue weighted by Crippen LogP contribution is -2.30. The first kappa shape index (κ1) is 26.4. The molecule has 3 N–H and O–H groups in total. The number of rotatable bonds is 12. The largest absolute Gasteiger partial charge is 0.385 e. The van der Waals surface area contributed by atoms with E-state index in [4.69, 9.17) is 4.74 Å². The van der Waals surface area contributed by atoms with Gasteiger partial charge in [-0.2, -0.15) is 0 Å². The average Bonchev–Trinajstić information content (AvgIpc) is 2.91. The SMILES string of the molecule is CCN(C(=O)c1cccc(NCC(=O)Nc2cccc(C(=O)NCCCOC)c2)c1)c1ccccc1. The van der Waals surface area contributed by atoms with E-state index in [-0.39, 0.29) is 24.3 Å². The molecule has 0 bridgehead atoms. The van der Waals surface area contributed by atoms with Gasteiger partial charge < -0.3 is 25.6 Å². The van der Waals surface area contributed by atoms with Gasteiger partial charge in [0.15, 0.2) is 0 Å². The molecule has 8 nitrogen and oxygen atoms in total. The highest BCUT2D eigenvalue weighted by Crippen LogP contribution is 2.19. The van der Waals surface area contributed by atoms with E-state index in [1.807, 2.05) is 37.3 Å². The number of hydrogen-bond acceptors (Lipinski definition) is 5. The quantitative estimate of drug-likeness (QED) is 0.332. The summed E-state index contributed by atoms with van der Waals surface area (Å²) in [5, 5.41) is 8.68. The van der Waals surface area contributed by atoms with Crippen molar-refractivity contribution in [2.75, 3.05) is 48.9 Å². The van der Waals surface area contributed by atoms with Crippen molar-refractivity contribution in [2.45, 2.75) is 13.3 Å². The van der Waals surface area contributed by atoms with Crippen molar-refractivity contribution in [1.29, 1.82) is 0 Å². The van der Waals surface area contributed by atoms with Crippen LogP contribution in [0.3, 0.4) is 0 Å². The van der Waals surface area contributed by atoms with E-state index in [9.17, 15) is 14.4 Å². The molecule has 3 aromatic rings. The monoisotopic (exact) mass is 488 g/mol. The molecule has 0 aliphatic rings. The van der Waals surface area contributed by atoms with Crippen molar-refractivity contribution in [3.05, 3.63) is 90.0 Å². The smallest absolute Gasteiger partial charge is 0.258 e. The lowest BCUT2D eigenvalue weighted by molar-refractivity contribution is -0.114. The minimum atomic E-state index is -0.274. The molecule has 0 radical (unpaired) electrons. The Morgan fingerprint density at radius 1 is 0.861 bits per heavy atom. The van der Waals surface area contributed by atoms with Gasteiger partial charge in [-0.25, -0.2) is 0 Å². The summed E-state index contributed by atoms with van der Waals surface area (Å²) in [6.07, 6.45) is 0.722. The molecular formula is C28H32N4O4. The Labute approximate surface area is 211 Å². The van der Waals surface area contributed by atoms with Crippen LogP contribution in [0.15, 0.2) is 78.9 Å². The fourth-order valence-corrected chi connectivity index (χ4v) is 3.62. The molecule has 0 spiro atoms. The second-order valence-corrected chi connectivity index (χ2v) is 8.05. The maximum absolute atomic E-state index is 13.1. The highest BCUT2D eigenvalue weighted by atomic mass is 16.5. The molecule has 0 aliphatic heterocycles. The first-order valence-corrected chi connectivity index (χ1v) is 11.9. The number of benzene rings is 3. The number of methoxy groups -OCH3 is 1. The first-order chi connectivity index (χ1) is 17.5. The highest BCUT2D eigenvalue weighted by Gasteiger charge is 2.16. The Balaban J connectivity index is 1.56. The summed E-state index contributed by atoms with van der Waals surface area (Å²) >= 11 is 0.